The van der Waals surface area contributed by atoms with Gasteiger partial charge in [0.15, 0.2) is 0 Å². The topological polar surface area (TPSA) is 35.6 Å². The molecule has 0 aliphatic rings. The Hall–Kier alpha value is -6.00. The van der Waals surface area contributed by atoms with E-state index in [1.54, 1.807) is 0 Å². The number of hydrogen-bond acceptors (Lipinski definition) is 2. The standard InChI is InChI=1S/C57H58N4/c1-33-32-58-52-46-30-38(60-48-22-14-34(54(2,3)4)26-42(48)43-27-35(55(5,6)7)15-23-49(43)60)18-20-40(46)41-21-19-39(31-47(41)53(52)59-33)61-50-24-16-36(56(8,9)10)28-44(50)45-29-37(57(11,12)13)17-25-51(45)61/h14-32H,1-13H3. The van der Waals surface area contributed by atoms with E-state index in [1.165, 1.54) is 76.6 Å². The maximum absolute atomic E-state index is 5.26. The van der Waals surface area contributed by atoms with Crippen molar-refractivity contribution in [3.8, 4) is 11.4 Å². The summed E-state index contributed by atoms with van der Waals surface area (Å²) < 4.78 is 4.89. The van der Waals surface area contributed by atoms with Crippen LogP contribution >= 0.6 is 0 Å². The number of benzene rings is 7. The summed E-state index contributed by atoms with van der Waals surface area (Å²) in [7, 11) is 0. The third kappa shape index (κ3) is 6.24. The second-order valence-corrected chi connectivity index (χ2v) is 21.8. The van der Waals surface area contributed by atoms with Crippen molar-refractivity contribution in [2.45, 2.75) is 112 Å². The van der Waals surface area contributed by atoms with E-state index in [0.717, 1.165) is 38.9 Å². The predicted molar refractivity (Wildman–Crippen MR) is 263 cm³/mol. The molecule has 0 amide bonds. The Morgan fingerprint density at radius 1 is 0.344 bits per heavy atom. The van der Waals surface area contributed by atoms with E-state index in [2.05, 4.69) is 201 Å². The Morgan fingerprint density at radius 3 is 1.00 bits per heavy atom. The summed E-state index contributed by atoms with van der Waals surface area (Å²) in [5, 5.41) is 9.71. The van der Waals surface area contributed by atoms with Gasteiger partial charge in [-0.15, -0.1) is 0 Å². The van der Waals surface area contributed by atoms with Crippen molar-refractivity contribution in [2.24, 2.45) is 0 Å². The maximum atomic E-state index is 5.26. The van der Waals surface area contributed by atoms with Crippen molar-refractivity contribution in [3.63, 3.8) is 0 Å². The van der Waals surface area contributed by atoms with E-state index in [-0.39, 0.29) is 21.7 Å². The zero-order valence-electron chi connectivity index (χ0n) is 38.3. The summed E-state index contributed by atoms with van der Waals surface area (Å²) in [5.74, 6) is 0. The molecular formula is C57H58N4. The first-order valence-corrected chi connectivity index (χ1v) is 22.0. The molecule has 0 fully saturated rings. The Kier molecular flexibility index (Phi) is 8.35. The van der Waals surface area contributed by atoms with Crippen LogP contribution in [0.1, 0.15) is 111 Å². The third-order valence-electron chi connectivity index (χ3n) is 13.2. The minimum atomic E-state index is 0.0384. The molecule has 0 saturated carbocycles. The molecule has 0 aliphatic heterocycles. The quantitative estimate of drug-likeness (QED) is 0.163. The van der Waals surface area contributed by atoms with Gasteiger partial charge in [-0.1, -0.05) is 119 Å². The number of hydrogen-bond donors (Lipinski definition) is 0. The van der Waals surface area contributed by atoms with Gasteiger partial charge < -0.3 is 9.13 Å². The Labute approximate surface area is 360 Å². The van der Waals surface area contributed by atoms with Gasteiger partial charge in [-0.25, -0.2) is 4.98 Å². The molecule has 0 bridgehead atoms. The fourth-order valence-corrected chi connectivity index (χ4v) is 9.54. The van der Waals surface area contributed by atoms with Gasteiger partial charge >= 0.3 is 0 Å². The van der Waals surface area contributed by atoms with Crippen molar-refractivity contribution in [1.29, 1.82) is 0 Å². The van der Waals surface area contributed by atoms with Crippen LogP contribution in [0.3, 0.4) is 0 Å². The normalized spacial score (nSPS) is 13.3. The second-order valence-electron chi connectivity index (χ2n) is 21.8. The lowest BCUT2D eigenvalue weighted by atomic mass is 9.85. The van der Waals surface area contributed by atoms with Crippen LogP contribution in [0.2, 0.25) is 0 Å². The van der Waals surface area contributed by atoms with Gasteiger partial charge in [0.1, 0.15) is 0 Å². The summed E-state index contributed by atoms with van der Waals surface area (Å²) in [6.07, 6.45) is 1.92. The van der Waals surface area contributed by atoms with E-state index >= 15 is 0 Å². The molecule has 0 radical (unpaired) electrons. The average Bonchev–Trinajstić information content (AvgIpc) is 3.70. The summed E-state index contributed by atoms with van der Waals surface area (Å²) in [5.41, 5.74) is 15.3. The molecule has 0 atom stereocenters. The maximum Gasteiger partial charge on any atom is 0.0975 e. The lowest BCUT2D eigenvalue weighted by Crippen LogP contribution is -2.10. The molecule has 0 saturated heterocycles. The fraction of sp³-hybridized carbons (Fsp3) is 0.298. The molecule has 3 aromatic heterocycles. The first kappa shape index (κ1) is 39.2. The molecule has 3 heterocycles. The molecule has 10 aromatic rings. The largest absolute Gasteiger partial charge is 0.309 e. The van der Waals surface area contributed by atoms with E-state index in [1.807, 2.05) is 13.1 Å². The zero-order valence-corrected chi connectivity index (χ0v) is 38.3. The van der Waals surface area contributed by atoms with Crippen molar-refractivity contribution in [1.82, 2.24) is 19.1 Å². The first-order chi connectivity index (χ1) is 28.7. The van der Waals surface area contributed by atoms with Gasteiger partial charge in [-0.2, -0.15) is 0 Å². The summed E-state index contributed by atoms with van der Waals surface area (Å²) in [4.78, 5) is 10.4. The van der Waals surface area contributed by atoms with Crippen LogP contribution in [0.25, 0.3) is 87.6 Å². The number of nitrogens with zero attached hydrogens (tertiary/aromatic N) is 4. The molecule has 0 spiro atoms. The molecule has 306 valence electrons. The highest BCUT2D eigenvalue weighted by molar-refractivity contribution is 6.24. The fourth-order valence-electron chi connectivity index (χ4n) is 9.54. The van der Waals surface area contributed by atoms with Crippen molar-refractivity contribution < 1.29 is 0 Å². The number of aromatic nitrogens is 4. The van der Waals surface area contributed by atoms with Crippen LogP contribution < -0.4 is 0 Å². The van der Waals surface area contributed by atoms with Gasteiger partial charge in [-0.05, 0) is 134 Å². The number of aryl methyl sites for hydroxylation is 1. The Bertz CT molecular complexity index is 3310. The Morgan fingerprint density at radius 2 is 0.672 bits per heavy atom. The lowest BCUT2D eigenvalue weighted by molar-refractivity contribution is 0.590. The summed E-state index contributed by atoms with van der Waals surface area (Å²) in [6.45, 7) is 29.6. The lowest BCUT2D eigenvalue weighted by Gasteiger charge is -2.19. The average molecular weight is 799 g/mol. The molecule has 0 aliphatic carbocycles. The van der Waals surface area contributed by atoms with Crippen molar-refractivity contribution >= 4 is 76.2 Å². The van der Waals surface area contributed by atoms with Crippen LogP contribution in [-0.2, 0) is 21.7 Å². The molecule has 7 aromatic carbocycles. The molecule has 61 heavy (non-hydrogen) atoms. The van der Waals surface area contributed by atoms with Crippen LogP contribution in [0.15, 0.2) is 115 Å². The molecule has 0 unspecified atom stereocenters. The van der Waals surface area contributed by atoms with Crippen LogP contribution in [0.5, 0.6) is 0 Å². The SMILES string of the molecule is Cc1cnc2c3cc(-n4c5ccc(C(C)(C)C)cc5c5cc(C(C)(C)C)ccc54)ccc3c3ccc(-n4c5ccc(C(C)(C)C)cc5c5cc(C(C)(C)C)ccc54)cc3c2n1. The molecule has 4 nitrogen and oxygen atoms in total. The van der Waals surface area contributed by atoms with Crippen molar-refractivity contribution in [3.05, 3.63) is 143 Å². The van der Waals surface area contributed by atoms with E-state index in [0.29, 0.717) is 0 Å². The van der Waals surface area contributed by atoms with Crippen LogP contribution in [0.4, 0.5) is 0 Å². The zero-order chi connectivity index (χ0) is 43.1. The number of fused-ring (bicyclic) bond motifs is 12. The minimum absolute atomic E-state index is 0.0384. The van der Waals surface area contributed by atoms with Crippen LogP contribution in [-0.4, -0.2) is 19.1 Å². The first-order valence-electron chi connectivity index (χ1n) is 22.0. The molecule has 0 N–H and O–H groups in total. The highest BCUT2D eigenvalue weighted by Gasteiger charge is 2.24. The van der Waals surface area contributed by atoms with Crippen LogP contribution in [0, 0.1) is 6.92 Å². The molecular weight excluding hydrogens is 741 g/mol. The van der Waals surface area contributed by atoms with E-state index in [9.17, 15) is 0 Å². The van der Waals surface area contributed by atoms with Gasteiger partial charge in [0, 0.05) is 49.9 Å². The minimum Gasteiger partial charge on any atom is -0.309 e. The second kappa shape index (κ2) is 13.0. The molecule has 4 heteroatoms. The van der Waals surface area contributed by atoms with Gasteiger partial charge in [-0.3, -0.25) is 4.98 Å². The molecule has 10 rings (SSSR count). The highest BCUT2D eigenvalue weighted by atomic mass is 15.0. The monoisotopic (exact) mass is 798 g/mol. The van der Waals surface area contributed by atoms with E-state index in [4.69, 9.17) is 9.97 Å². The predicted octanol–water partition coefficient (Wildman–Crippen LogP) is 15.6. The number of rotatable bonds is 2. The van der Waals surface area contributed by atoms with Gasteiger partial charge in [0.2, 0.25) is 0 Å². The van der Waals surface area contributed by atoms with Gasteiger partial charge in [0.05, 0.1) is 38.8 Å². The van der Waals surface area contributed by atoms with Gasteiger partial charge in [0.25, 0.3) is 0 Å². The summed E-state index contributed by atoms with van der Waals surface area (Å²) in [6, 6.07) is 42.1. The highest BCUT2D eigenvalue weighted by Crippen LogP contribution is 2.42. The summed E-state index contributed by atoms with van der Waals surface area (Å²) >= 11 is 0. The smallest absolute Gasteiger partial charge is 0.0975 e. The third-order valence-corrected chi connectivity index (χ3v) is 13.2. The van der Waals surface area contributed by atoms with E-state index < -0.39 is 0 Å². The Balaban J connectivity index is 1.22. The van der Waals surface area contributed by atoms with Crippen molar-refractivity contribution in [2.75, 3.05) is 0 Å².